The molecule has 1 aromatic heterocycles. The van der Waals surface area contributed by atoms with Crippen molar-refractivity contribution >= 4 is 45.8 Å². The number of halogens is 1. The van der Waals surface area contributed by atoms with Crippen LogP contribution >= 0.6 is 11.6 Å². The molecule has 0 aliphatic carbocycles. The second-order valence-electron chi connectivity index (χ2n) is 8.86. The van der Waals surface area contributed by atoms with Gasteiger partial charge < -0.3 is 15.0 Å². The Kier molecular flexibility index (Phi) is 7.02. The number of carbonyl (C=O) groups is 1. The summed E-state index contributed by atoms with van der Waals surface area (Å²) in [6.07, 6.45) is 2.87. The number of nitrogens with zero attached hydrogens (tertiary/aromatic N) is 3. The summed E-state index contributed by atoms with van der Waals surface area (Å²) >= 11 is 6.06. The molecule has 3 aromatic rings. The van der Waals surface area contributed by atoms with E-state index in [9.17, 15) is 9.00 Å². The van der Waals surface area contributed by atoms with E-state index in [1.807, 2.05) is 36.4 Å². The number of carbonyl (C=O) groups excluding carboxylic acids is 1. The average molecular weight is 511 g/mol. The Morgan fingerprint density at radius 1 is 1.17 bits per heavy atom. The van der Waals surface area contributed by atoms with Crippen LogP contribution in [0.3, 0.4) is 0 Å². The fourth-order valence-electron chi connectivity index (χ4n) is 4.62. The summed E-state index contributed by atoms with van der Waals surface area (Å²) in [5.74, 6) is 1.99. The summed E-state index contributed by atoms with van der Waals surface area (Å²) in [5, 5.41) is 4.11. The van der Waals surface area contributed by atoms with Crippen molar-refractivity contribution in [2.75, 3.05) is 36.2 Å². The lowest BCUT2D eigenvalue weighted by molar-refractivity contribution is -0.139. The minimum Gasteiger partial charge on any atom is -0.469 e. The van der Waals surface area contributed by atoms with Crippen LogP contribution in [0.15, 0.2) is 53.4 Å². The number of fused-ring (bicyclic) bond motifs is 1. The number of hydrogen-bond acceptors (Lipinski definition) is 7. The quantitative estimate of drug-likeness (QED) is 0.484. The van der Waals surface area contributed by atoms with Crippen LogP contribution in [0.25, 0.3) is 0 Å². The number of ether oxygens (including phenoxy) is 1. The van der Waals surface area contributed by atoms with Crippen LogP contribution in [-0.4, -0.2) is 46.1 Å². The standard InChI is InChI=1S/C26H27ClN4O3S/c1-34-23(32)15-17-4-10-21(11-5-17)28-25-24-22(3-2-14-35(24)33)29-26(30-25)31-13-12-19(16-31)18-6-8-20(27)9-7-18/h4-11,19H,2-3,12-16H2,1H3,(H,28,29,30)/t19?,35-/m1/s1. The van der Waals surface area contributed by atoms with E-state index in [0.717, 1.165) is 54.3 Å². The fraction of sp³-hybridized carbons (Fsp3) is 0.346. The molecule has 2 aliphatic heterocycles. The molecule has 9 heteroatoms. The zero-order valence-electron chi connectivity index (χ0n) is 19.5. The Bertz CT molecular complexity index is 1250. The summed E-state index contributed by atoms with van der Waals surface area (Å²) in [6.45, 7) is 1.68. The van der Waals surface area contributed by atoms with Gasteiger partial charge in [0.25, 0.3) is 0 Å². The molecule has 2 aliphatic rings. The zero-order chi connectivity index (χ0) is 24.4. The van der Waals surface area contributed by atoms with Gasteiger partial charge in [0.2, 0.25) is 5.95 Å². The summed E-state index contributed by atoms with van der Waals surface area (Å²) in [6, 6.07) is 15.6. The van der Waals surface area contributed by atoms with Crippen molar-refractivity contribution < 1.29 is 13.7 Å². The van der Waals surface area contributed by atoms with E-state index >= 15 is 0 Å². The average Bonchev–Trinajstić information content (AvgIpc) is 3.36. The molecule has 2 atom stereocenters. The van der Waals surface area contributed by atoms with Crippen molar-refractivity contribution in [1.82, 2.24) is 9.97 Å². The molecule has 182 valence electrons. The molecule has 0 bridgehead atoms. The molecular formula is C26H27ClN4O3S. The largest absolute Gasteiger partial charge is 0.469 e. The second-order valence-corrected chi connectivity index (χ2v) is 10.8. The van der Waals surface area contributed by atoms with Crippen LogP contribution in [-0.2, 0) is 33.2 Å². The van der Waals surface area contributed by atoms with Crippen LogP contribution < -0.4 is 10.2 Å². The number of anilines is 3. The van der Waals surface area contributed by atoms with E-state index in [0.29, 0.717) is 28.3 Å². The molecule has 1 fully saturated rings. The van der Waals surface area contributed by atoms with Crippen LogP contribution in [0, 0.1) is 0 Å². The molecule has 5 rings (SSSR count). The Morgan fingerprint density at radius 3 is 2.69 bits per heavy atom. The molecule has 1 unspecified atom stereocenters. The Labute approximate surface area is 212 Å². The Morgan fingerprint density at radius 2 is 1.94 bits per heavy atom. The normalized spacial score (nSPS) is 19.3. The minimum absolute atomic E-state index is 0.220. The van der Waals surface area contributed by atoms with E-state index in [1.54, 1.807) is 0 Å². The number of esters is 1. The Balaban J connectivity index is 1.40. The number of rotatable bonds is 6. The summed E-state index contributed by atoms with van der Waals surface area (Å²) in [7, 11) is 0.239. The van der Waals surface area contributed by atoms with E-state index in [2.05, 4.69) is 22.3 Å². The van der Waals surface area contributed by atoms with Gasteiger partial charge >= 0.3 is 5.97 Å². The lowest BCUT2D eigenvalue weighted by Gasteiger charge is -2.23. The van der Waals surface area contributed by atoms with E-state index in [4.69, 9.17) is 26.3 Å². The maximum absolute atomic E-state index is 12.9. The molecule has 2 aromatic carbocycles. The molecule has 1 saturated heterocycles. The van der Waals surface area contributed by atoms with Gasteiger partial charge in [-0.1, -0.05) is 35.9 Å². The zero-order valence-corrected chi connectivity index (χ0v) is 21.1. The van der Waals surface area contributed by atoms with Gasteiger partial charge in [0.15, 0.2) is 5.82 Å². The van der Waals surface area contributed by atoms with Crippen LogP contribution in [0.1, 0.15) is 35.6 Å². The maximum Gasteiger partial charge on any atom is 0.309 e. The summed E-state index contributed by atoms with van der Waals surface area (Å²) < 4.78 is 17.7. The number of benzene rings is 2. The van der Waals surface area contributed by atoms with Gasteiger partial charge in [0, 0.05) is 35.5 Å². The molecule has 7 nitrogen and oxygen atoms in total. The second kappa shape index (κ2) is 10.3. The van der Waals surface area contributed by atoms with Crippen LogP contribution in [0.2, 0.25) is 5.02 Å². The first-order valence-electron chi connectivity index (χ1n) is 11.7. The third-order valence-corrected chi connectivity index (χ3v) is 8.30. The smallest absolute Gasteiger partial charge is 0.309 e. The van der Waals surface area contributed by atoms with Gasteiger partial charge in [-0.25, -0.2) is 4.98 Å². The minimum atomic E-state index is -1.14. The number of aryl methyl sites for hydroxylation is 1. The molecule has 0 amide bonds. The number of methoxy groups -OCH3 is 1. The van der Waals surface area contributed by atoms with Gasteiger partial charge in [-0.15, -0.1) is 0 Å². The first-order chi connectivity index (χ1) is 17.0. The van der Waals surface area contributed by atoms with E-state index in [-0.39, 0.29) is 12.4 Å². The maximum atomic E-state index is 12.9. The monoisotopic (exact) mass is 510 g/mol. The summed E-state index contributed by atoms with van der Waals surface area (Å²) in [4.78, 5) is 24.2. The van der Waals surface area contributed by atoms with Crippen molar-refractivity contribution in [2.45, 2.75) is 36.5 Å². The van der Waals surface area contributed by atoms with Gasteiger partial charge in [0.05, 0.1) is 30.0 Å². The van der Waals surface area contributed by atoms with Crippen LogP contribution in [0.4, 0.5) is 17.5 Å². The molecule has 0 spiro atoms. The molecular weight excluding hydrogens is 484 g/mol. The first-order valence-corrected chi connectivity index (χ1v) is 13.4. The first kappa shape index (κ1) is 23.8. The third-order valence-electron chi connectivity index (χ3n) is 6.50. The highest BCUT2D eigenvalue weighted by atomic mass is 35.5. The molecule has 3 heterocycles. The van der Waals surface area contributed by atoms with Gasteiger partial charge in [-0.05, 0) is 54.7 Å². The number of hydrogen-bond donors (Lipinski definition) is 1. The van der Waals surface area contributed by atoms with E-state index in [1.165, 1.54) is 12.7 Å². The predicted molar refractivity (Wildman–Crippen MR) is 138 cm³/mol. The lowest BCUT2D eigenvalue weighted by Crippen LogP contribution is -2.25. The molecule has 0 saturated carbocycles. The topological polar surface area (TPSA) is 84.4 Å². The van der Waals surface area contributed by atoms with Gasteiger partial charge in [0.1, 0.15) is 4.90 Å². The van der Waals surface area contributed by atoms with Crippen molar-refractivity contribution in [1.29, 1.82) is 0 Å². The van der Waals surface area contributed by atoms with Crippen LogP contribution in [0.5, 0.6) is 0 Å². The lowest BCUT2D eigenvalue weighted by atomic mass is 9.99. The highest BCUT2D eigenvalue weighted by Gasteiger charge is 2.29. The summed E-state index contributed by atoms with van der Waals surface area (Å²) in [5.41, 5.74) is 3.80. The highest BCUT2D eigenvalue weighted by molar-refractivity contribution is 7.85. The third kappa shape index (κ3) is 5.33. The molecule has 35 heavy (non-hydrogen) atoms. The highest BCUT2D eigenvalue weighted by Crippen LogP contribution is 2.34. The fourth-order valence-corrected chi connectivity index (χ4v) is 6.08. The van der Waals surface area contributed by atoms with Crippen molar-refractivity contribution in [3.8, 4) is 0 Å². The van der Waals surface area contributed by atoms with E-state index < -0.39 is 10.8 Å². The Hall–Kier alpha value is -2.97. The van der Waals surface area contributed by atoms with Crippen molar-refractivity contribution in [2.24, 2.45) is 0 Å². The van der Waals surface area contributed by atoms with Gasteiger partial charge in [-0.3, -0.25) is 9.00 Å². The number of aromatic nitrogens is 2. The molecule has 1 N–H and O–H groups in total. The van der Waals surface area contributed by atoms with Crippen molar-refractivity contribution in [3.63, 3.8) is 0 Å². The SMILES string of the molecule is COC(=O)Cc1ccc(Nc2nc(N3CCC(c4ccc(Cl)cc4)C3)nc3c2[S@](=O)CCC3)cc1. The van der Waals surface area contributed by atoms with Crippen molar-refractivity contribution in [3.05, 3.63) is 70.4 Å². The molecule has 0 radical (unpaired) electrons. The number of nitrogens with one attached hydrogen (secondary N) is 1. The van der Waals surface area contributed by atoms with Gasteiger partial charge in [-0.2, -0.15) is 4.98 Å². The predicted octanol–water partition coefficient (Wildman–Crippen LogP) is 4.64.